The van der Waals surface area contributed by atoms with Crippen LogP contribution in [0.15, 0.2) is 0 Å². The second kappa shape index (κ2) is 3.22. The Labute approximate surface area is 89.0 Å². The molecule has 0 spiro atoms. The first-order valence-corrected chi connectivity index (χ1v) is 5.83. The van der Waals surface area contributed by atoms with Crippen molar-refractivity contribution in [3.8, 4) is 0 Å². The van der Waals surface area contributed by atoms with Crippen molar-refractivity contribution in [2.45, 2.75) is 25.7 Å². The highest BCUT2D eigenvalue weighted by molar-refractivity contribution is 6.01. The first kappa shape index (κ1) is 9.19. The van der Waals surface area contributed by atoms with Crippen LogP contribution in [0.5, 0.6) is 0 Å². The van der Waals surface area contributed by atoms with Crippen LogP contribution in [0.3, 0.4) is 0 Å². The third-order valence-electron chi connectivity index (χ3n) is 3.75. The number of rotatable bonds is 4. The molecule has 82 valence electrons. The summed E-state index contributed by atoms with van der Waals surface area (Å²) in [5.41, 5.74) is 0. The van der Waals surface area contributed by atoms with Crippen molar-refractivity contribution >= 4 is 11.9 Å². The van der Waals surface area contributed by atoms with Gasteiger partial charge in [0.1, 0.15) is 6.54 Å². The monoisotopic (exact) mass is 208 g/mol. The van der Waals surface area contributed by atoms with Gasteiger partial charge in [0.25, 0.3) is 0 Å². The highest BCUT2D eigenvalue weighted by atomic mass is 16.2. The van der Waals surface area contributed by atoms with E-state index in [0.29, 0.717) is 5.92 Å². The number of urea groups is 1. The third-order valence-corrected chi connectivity index (χ3v) is 3.75. The second-order valence-corrected chi connectivity index (χ2v) is 5.07. The molecule has 0 aromatic carbocycles. The Morgan fingerprint density at radius 1 is 1.20 bits per heavy atom. The molecule has 2 aliphatic carbocycles. The van der Waals surface area contributed by atoms with Gasteiger partial charge in [0.05, 0.1) is 0 Å². The Balaban J connectivity index is 1.62. The van der Waals surface area contributed by atoms with E-state index in [1.54, 1.807) is 4.90 Å². The maximum Gasteiger partial charge on any atom is 0.324 e. The Kier molecular flexibility index (Phi) is 1.97. The molecule has 3 fully saturated rings. The van der Waals surface area contributed by atoms with Crippen molar-refractivity contribution in [3.63, 3.8) is 0 Å². The third kappa shape index (κ3) is 1.85. The molecule has 0 unspecified atom stereocenters. The number of amides is 3. The molecule has 0 aromatic rings. The lowest BCUT2D eigenvalue weighted by Crippen LogP contribution is -2.34. The molecule has 2 saturated carbocycles. The number of hydrogen-bond donors (Lipinski definition) is 1. The fraction of sp³-hybridized carbons (Fsp3) is 0.818. The van der Waals surface area contributed by atoms with Gasteiger partial charge in [-0.1, -0.05) is 0 Å². The zero-order valence-corrected chi connectivity index (χ0v) is 8.74. The summed E-state index contributed by atoms with van der Waals surface area (Å²) in [5.74, 6) is 2.19. The maximum atomic E-state index is 11.4. The smallest absolute Gasteiger partial charge is 0.315 e. The molecule has 4 nitrogen and oxygen atoms in total. The quantitative estimate of drug-likeness (QED) is 0.700. The van der Waals surface area contributed by atoms with E-state index < -0.39 is 0 Å². The van der Waals surface area contributed by atoms with Gasteiger partial charge in [0.15, 0.2) is 0 Å². The van der Waals surface area contributed by atoms with Crippen molar-refractivity contribution in [2.24, 2.45) is 17.8 Å². The molecule has 1 heterocycles. The van der Waals surface area contributed by atoms with Gasteiger partial charge in [0.2, 0.25) is 5.91 Å². The fourth-order valence-electron chi connectivity index (χ4n) is 2.62. The molecule has 1 saturated heterocycles. The van der Waals surface area contributed by atoms with Crippen molar-refractivity contribution in [1.29, 1.82) is 0 Å². The highest BCUT2D eigenvalue weighted by Crippen LogP contribution is 2.49. The summed E-state index contributed by atoms with van der Waals surface area (Å²) >= 11 is 0. The molecule has 1 N–H and O–H groups in total. The lowest BCUT2D eigenvalue weighted by atomic mass is 9.97. The lowest BCUT2D eigenvalue weighted by molar-refractivity contribution is -0.118. The van der Waals surface area contributed by atoms with Crippen LogP contribution >= 0.6 is 0 Å². The van der Waals surface area contributed by atoms with Crippen LogP contribution in [0.4, 0.5) is 4.79 Å². The average Bonchev–Trinajstić information content (AvgIpc) is 3.05. The van der Waals surface area contributed by atoms with Gasteiger partial charge < -0.3 is 4.90 Å². The molecular formula is C11H16N2O2. The minimum absolute atomic E-state index is 0.148. The maximum absolute atomic E-state index is 11.4. The van der Waals surface area contributed by atoms with Gasteiger partial charge in [0, 0.05) is 6.54 Å². The SMILES string of the molecule is O=C1CN(CC(C2CC2)C2CC2)C(=O)N1. The van der Waals surface area contributed by atoms with E-state index in [1.165, 1.54) is 25.7 Å². The molecule has 0 aromatic heterocycles. The van der Waals surface area contributed by atoms with Crippen molar-refractivity contribution in [1.82, 2.24) is 10.2 Å². The van der Waals surface area contributed by atoms with E-state index in [1.807, 2.05) is 0 Å². The topological polar surface area (TPSA) is 49.4 Å². The second-order valence-electron chi connectivity index (χ2n) is 5.07. The van der Waals surface area contributed by atoms with Gasteiger partial charge in [-0.2, -0.15) is 0 Å². The van der Waals surface area contributed by atoms with E-state index in [2.05, 4.69) is 5.32 Å². The summed E-state index contributed by atoms with van der Waals surface area (Å²) < 4.78 is 0. The molecule has 1 aliphatic heterocycles. The summed E-state index contributed by atoms with van der Waals surface area (Å²) in [6.07, 6.45) is 5.30. The Morgan fingerprint density at radius 2 is 1.80 bits per heavy atom. The van der Waals surface area contributed by atoms with E-state index in [9.17, 15) is 9.59 Å². The molecular weight excluding hydrogens is 192 g/mol. The van der Waals surface area contributed by atoms with Crippen molar-refractivity contribution in [3.05, 3.63) is 0 Å². The van der Waals surface area contributed by atoms with E-state index >= 15 is 0 Å². The highest BCUT2D eigenvalue weighted by Gasteiger charge is 2.43. The number of carbonyl (C=O) groups excluding carboxylic acids is 2. The Hall–Kier alpha value is -1.06. The van der Waals surface area contributed by atoms with Gasteiger partial charge in [-0.25, -0.2) is 4.79 Å². The summed E-state index contributed by atoms with van der Waals surface area (Å²) in [6.45, 7) is 1.07. The van der Waals surface area contributed by atoms with E-state index in [-0.39, 0.29) is 18.5 Å². The zero-order chi connectivity index (χ0) is 10.4. The number of carbonyl (C=O) groups is 2. The van der Waals surface area contributed by atoms with Crippen LogP contribution in [-0.4, -0.2) is 29.9 Å². The molecule has 3 amide bonds. The normalized spacial score (nSPS) is 26.3. The standard InChI is InChI=1S/C11H16N2O2/c14-10-6-13(11(15)12-10)5-9(7-1-2-7)8-3-4-8/h7-9H,1-6H2,(H,12,14,15). The van der Waals surface area contributed by atoms with Gasteiger partial charge >= 0.3 is 6.03 Å². The number of nitrogens with one attached hydrogen (secondary N) is 1. The molecule has 4 heteroatoms. The van der Waals surface area contributed by atoms with Crippen molar-refractivity contribution in [2.75, 3.05) is 13.1 Å². The minimum atomic E-state index is -0.189. The van der Waals surface area contributed by atoms with Crippen LogP contribution in [0.1, 0.15) is 25.7 Å². The molecule has 3 rings (SSSR count). The first-order valence-electron chi connectivity index (χ1n) is 5.83. The van der Waals surface area contributed by atoms with Crippen LogP contribution in [0.2, 0.25) is 0 Å². The van der Waals surface area contributed by atoms with Gasteiger partial charge in [-0.05, 0) is 43.4 Å². The van der Waals surface area contributed by atoms with Crippen LogP contribution in [0.25, 0.3) is 0 Å². The molecule has 0 bridgehead atoms. The fourth-order valence-corrected chi connectivity index (χ4v) is 2.62. The number of nitrogens with zero attached hydrogens (tertiary/aromatic N) is 1. The summed E-state index contributed by atoms with van der Waals surface area (Å²) in [6, 6.07) is -0.189. The predicted octanol–water partition coefficient (Wildman–Crippen LogP) is 0.974. The first-order chi connectivity index (χ1) is 7.24. The molecule has 15 heavy (non-hydrogen) atoms. The molecule has 0 radical (unpaired) electrons. The Bertz CT molecular complexity index is 296. The summed E-state index contributed by atoms with van der Waals surface area (Å²) in [7, 11) is 0. The minimum Gasteiger partial charge on any atom is -0.315 e. The lowest BCUT2D eigenvalue weighted by Gasteiger charge is -2.21. The molecule has 0 atom stereocenters. The van der Waals surface area contributed by atoms with E-state index in [4.69, 9.17) is 0 Å². The summed E-state index contributed by atoms with van der Waals surface area (Å²) in [5, 5.41) is 2.34. The number of imide groups is 1. The van der Waals surface area contributed by atoms with Crippen LogP contribution in [0, 0.1) is 17.8 Å². The average molecular weight is 208 g/mol. The largest absolute Gasteiger partial charge is 0.324 e. The zero-order valence-electron chi connectivity index (χ0n) is 8.74. The van der Waals surface area contributed by atoms with Gasteiger partial charge in [-0.3, -0.25) is 10.1 Å². The summed E-state index contributed by atoms with van der Waals surface area (Å²) in [4.78, 5) is 24.1. The van der Waals surface area contributed by atoms with E-state index in [0.717, 1.165) is 18.4 Å². The number of hydrogen-bond acceptors (Lipinski definition) is 2. The Morgan fingerprint density at radius 3 is 2.20 bits per heavy atom. The van der Waals surface area contributed by atoms with Crippen LogP contribution < -0.4 is 5.32 Å². The molecule has 3 aliphatic rings. The van der Waals surface area contributed by atoms with Crippen LogP contribution in [-0.2, 0) is 4.79 Å². The van der Waals surface area contributed by atoms with Crippen molar-refractivity contribution < 1.29 is 9.59 Å². The predicted molar refractivity (Wildman–Crippen MR) is 54.0 cm³/mol. The van der Waals surface area contributed by atoms with Gasteiger partial charge in [-0.15, -0.1) is 0 Å².